The minimum atomic E-state index is -0.504. The number of urea groups is 1. The summed E-state index contributed by atoms with van der Waals surface area (Å²) in [6.45, 7) is 5.16. The summed E-state index contributed by atoms with van der Waals surface area (Å²) in [5, 5.41) is 21.0. The lowest BCUT2D eigenvalue weighted by atomic mass is 10.1. The van der Waals surface area contributed by atoms with Crippen molar-refractivity contribution >= 4 is 40.6 Å². The summed E-state index contributed by atoms with van der Waals surface area (Å²) in [5.74, 6) is 0.380. The molecular formula is C27H30N8O5. The zero-order valence-electron chi connectivity index (χ0n) is 22.0. The Bertz CT molecular complexity index is 1370. The van der Waals surface area contributed by atoms with E-state index in [0.29, 0.717) is 44.0 Å². The molecule has 13 heteroatoms. The maximum absolute atomic E-state index is 12.8. The summed E-state index contributed by atoms with van der Waals surface area (Å²) < 4.78 is 5.79. The first kappa shape index (κ1) is 27.0. The van der Waals surface area contributed by atoms with Gasteiger partial charge in [0.05, 0.1) is 17.6 Å². The molecule has 3 aromatic rings. The fourth-order valence-corrected chi connectivity index (χ4v) is 4.59. The molecule has 3 N–H and O–H groups in total. The lowest BCUT2D eigenvalue weighted by Crippen LogP contribution is -2.50. The third-order valence-corrected chi connectivity index (χ3v) is 6.82. The molecule has 2 aliphatic heterocycles. The molecule has 2 aromatic carbocycles. The van der Waals surface area contributed by atoms with E-state index in [9.17, 15) is 19.7 Å². The van der Waals surface area contributed by atoms with Crippen molar-refractivity contribution in [2.75, 3.05) is 61.4 Å². The van der Waals surface area contributed by atoms with Crippen molar-refractivity contribution < 1.29 is 19.2 Å². The van der Waals surface area contributed by atoms with Crippen molar-refractivity contribution in [3.05, 3.63) is 76.0 Å². The molecule has 0 bridgehead atoms. The number of nitrogens with one attached hydrogen (secondary N) is 3. The fraction of sp³-hybridized carbons (Fsp3) is 0.333. The number of Topliss-reactive ketones (excluding diaryl/α,β-unsaturated/α-hetero) is 1. The number of carbonyl (C=O) groups excluding carboxylic acids is 2. The van der Waals surface area contributed by atoms with E-state index >= 15 is 0 Å². The number of ketones is 1. The first-order chi connectivity index (χ1) is 19.4. The highest BCUT2D eigenvalue weighted by molar-refractivity contribution is 5.95. The van der Waals surface area contributed by atoms with Crippen molar-refractivity contribution in [2.45, 2.75) is 13.0 Å². The number of rotatable bonds is 7. The summed E-state index contributed by atoms with van der Waals surface area (Å²) in [6.07, 6.45) is 1.20. The monoisotopic (exact) mass is 546 g/mol. The highest BCUT2D eigenvalue weighted by Gasteiger charge is 2.28. The minimum absolute atomic E-state index is 0.00180. The number of benzene rings is 2. The number of piperazine rings is 1. The average molecular weight is 547 g/mol. The Morgan fingerprint density at radius 3 is 2.38 bits per heavy atom. The van der Waals surface area contributed by atoms with Crippen LogP contribution in [0.3, 0.4) is 0 Å². The maximum Gasteiger partial charge on any atom is 0.329 e. The topological polar surface area (TPSA) is 155 Å². The van der Waals surface area contributed by atoms with E-state index in [1.165, 1.54) is 13.1 Å². The van der Waals surface area contributed by atoms with Crippen molar-refractivity contribution in [2.24, 2.45) is 0 Å². The lowest BCUT2D eigenvalue weighted by molar-refractivity contribution is -0.384. The zero-order valence-corrected chi connectivity index (χ0v) is 22.0. The van der Waals surface area contributed by atoms with Gasteiger partial charge >= 0.3 is 11.7 Å². The van der Waals surface area contributed by atoms with Gasteiger partial charge in [0.2, 0.25) is 11.8 Å². The third-order valence-electron chi connectivity index (χ3n) is 6.82. The number of anilines is 4. The molecule has 0 spiro atoms. The molecular weight excluding hydrogens is 516 g/mol. The summed E-state index contributed by atoms with van der Waals surface area (Å²) in [7, 11) is 0. The van der Waals surface area contributed by atoms with Gasteiger partial charge in [-0.15, -0.1) is 0 Å². The summed E-state index contributed by atoms with van der Waals surface area (Å²) in [6, 6.07) is 14.1. The molecule has 0 saturated carbocycles. The van der Waals surface area contributed by atoms with Gasteiger partial charge in [-0.05, 0) is 48.9 Å². The van der Waals surface area contributed by atoms with Crippen molar-refractivity contribution in [3.63, 3.8) is 0 Å². The Labute approximate surface area is 230 Å². The minimum Gasteiger partial charge on any atom is -0.371 e. The first-order valence-corrected chi connectivity index (χ1v) is 13.0. The Morgan fingerprint density at radius 2 is 1.75 bits per heavy atom. The van der Waals surface area contributed by atoms with Crippen LogP contribution in [0.15, 0.2) is 54.7 Å². The standard InChI is InChI=1S/C27H30N8O5/c1-18(36)19-2-6-22(7-3-19)31-27(37)34-13-11-33(12-14-34)25-23(35(38)39)16-29-26(32-25)30-21-8-4-20(5-9-21)24-17-28-10-15-40-24/h2-9,16,24,28H,10-15,17H2,1H3,(H,31,37)(H,29,30,32). The highest BCUT2D eigenvalue weighted by atomic mass is 16.6. The van der Waals surface area contributed by atoms with E-state index in [1.54, 1.807) is 34.1 Å². The molecule has 0 aliphatic carbocycles. The molecule has 13 nitrogen and oxygen atoms in total. The Kier molecular flexibility index (Phi) is 8.12. The van der Waals surface area contributed by atoms with Crippen LogP contribution in [0.2, 0.25) is 0 Å². The molecule has 2 fully saturated rings. The summed E-state index contributed by atoms with van der Waals surface area (Å²) in [4.78, 5) is 47.5. The van der Waals surface area contributed by atoms with Gasteiger partial charge in [0.25, 0.3) is 0 Å². The molecule has 1 unspecified atom stereocenters. The number of nitrogens with zero attached hydrogens (tertiary/aromatic N) is 5. The van der Waals surface area contributed by atoms with Crippen LogP contribution >= 0.6 is 0 Å². The number of hydrogen-bond donors (Lipinski definition) is 3. The number of carbonyl (C=O) groups is 2. The van der Waals surface area contributed by atoms with E-state index in [-0.39, 0.29) is 35.4 Å². The number of amides is 2. The van der Waals surface area contributed by atoms with E-state index in [2.05, 4.69) is 25.9 Å². The third kappa shape index (κ3) is 6.33. The molecule has 3 heterocycles. The van der Waals surface area contributed by atoms with Gasteiger partial charge < -0.3 is 30.5 Å². The molecule has 5 rings (SSSR count). The van der Waals surface area contributed by atoms with Crippen LogP contribution in [0.5, 0.6) is 0 Å². The number of morpholine rings is 1. The highest BCUT2D eigenvalue weighted by Crippen LogP contribution is 2.29. The van der Waals surface area contributed by atoms with Crippen molar-refractivity contribution in [1.82, 2.24) is 20.2 Å². The predicted octanol–water partition coefficient (Wildman–Crippen LogP) is 3.35. The van der Waals surface area contributed by atoms with Gasteiger partial charge in [-0.3, -0.25) is 14.9 Å². The normalized spacial score (nSPS) is 17.3. The zero-order chi connectivity index (χ0) is 28.1. The first-order valence-electron chi connectivity index (χ1n) is 13.0. The quantitative estimate of drug-likeness (QED) is 0.228. The Balaban J connectivity index is 1.22. The van der Waals surface area contributed by atoms with E-state index in [0.717, 1.165) is 24.3 Å². The molecule has 2 saturated heterocycles. The molecule has 40 heavy (non-hydrogen) atoms. The number of aromatic nitrogens is 2. The van der Waals surface area contributed by atoms with Gasteiger partial charge in [0.1, 0.15) is 6.20 Å². The van der Waals surface area contributed by atoms with Crippen LogP contribution in [0.4, 0.5) is 33.6 Å². The Hall–Kier alpha value is -4.62. The molecule has 2 aliphatic rings. The average Bonchev–Trinajstić information content (AvgIpc) is 2.98. The Morgan fingerprint density at radius 1 is 1.05 bits per heavy atom. The van der Waals surface area contributed by atoms with Gasteiger partial charge in [-0.2, -0.15) is 4.98 Å². The summed E-state index contributed by atoms with van der Waals surface area (Å²) >= 11 is 0. The van der Waals surface area contributed by atoms with Gasteiger partial charge in [0, 0.05) is 56.2 Å². The molecule has 1 aromatic heterocycles. The SMILES string of the molecule is CC(=O)c1ccc(NC(=O)N2CCN(c3nc(Nc4ccc(C5CNCCO5)cc4)ncc3[N+](=O)[O-])CC2)cc1. The fourth-order valence-electron chi connectivity index (χ4n) is 4.59. The second-order valence-electron chi connectivity index (χ2n) is 9.51. The molecule has 0 radical (unpaired) electrons. The lowest BCUT2D eigenvalue weighted by Gasteiger charge is -2.35. The van der Waals surface area contributed by atoms with Crippen LogP contribution in [0.1, 0.15) is 28.9 Å². The van der Waals surface area contributed by atoms with Crippen LogP contribution < -0.4 is 20.9 Å². The number of ether oxygens (including phenoxy) is 1. The van der Waals surface area contributed by atoms with Gasteiger partial charge in [0.15, 0.2) is 5.78 Å². The summed E-state index contributed by atoms with van der Waals surface area (Å²) in [5.41, 5.74) is 2.74. The van der Waals surface area contributed by atoms with Crippen LogP contribution in [0.25, 0.3) is 0 Å². The van der Waals surface area contributed by atoms with E-state index in [1.807, 2.05) is 24.3 Å². The second-order valence-corrected chi connectivity index (χ2v) is 9.51. The number of hydrogen-bond acceptors (Lipinski definition) is 10. The van der Waals surface area contributed by atoms with Crippen LogP contribution in [0, 0.1) is 10.1 Å². The van der Waals surface area contributed by atoms with Crippen LogP contribution in [-0.4, -0.2) is 77.5 Å². The smallest absolute Gasteiger partial charge is 0.329 e. The maximum atomic E-state index is 12.8. The van der Waals surface area contributed by atoms with Gasteiger partial charge in [-0.25, -0.2) is 9.78 Å². The second kappa shape index (κ2) is 12.1. The molecule has 2 amide bonds. The molecule has 208 valence electrons. The van der Waals surface area contributed by atoms with Crippen molar-refractivity contribution in [3.8, 4) is 0 Å². The largest absolute Gasteiger partial charge is 0.371 e. The van der Waals surface area contributed by atoms with Crippen molar-refractivity contribution in [1.29, 1.82) is 0 Å². The molecule has 1 atom stereocenters. The van der Waals surface area contributed by atoms with E-state index < -0.39 is 4.92 Å². The van der Waals surface area contributed by atoms with Crippen LogP contribution in [-0.2, 0) is 4.74 Å². The predicted molar refractivity (Wildman–Crippen MR) is 149 cm³/mol. The van der Waals surface area contributed by atoms with E-state index in [4.69, 9.17) is 4.74 Å². The van der Waals surface area contributed by atoms with Gasteiger partial charge in [-0.1, -0.05) is 12.1 Å². The number of nitro groups is 1.